The molecule has 1 nitrogen and oxygen atoms in total. The van der Waals surface area contributed by atoms with Gasteiger partial charge in [0.15, 0.2) is 0 Å². The minimum atomic E-state index is 0.300. The molecule has 0 radical (unpaired) electrons. The summed E-state index contributed by atoms with van der Waals surface area (Å²) in [5, 5.41) is 0. The maximum Gasteiger partial charge on any atom is 0.113 e. The molecule has 25 heavy (non-hydrogen) atoms. The molecule has 0 saturated carbocycles. The van der Waals surface area contributed by atoms with Crippen LogP contribution in [0.1, 0.15) is 66.5 Å². The Hall–Kier alpha value is -2.02. The molecule has 0 saturated heterocycles. The molecule has 0 atom stereocenters. The van der Waals surface area contributed by atoms with Gasteiger partial charge in [-0.3, -0.25) is 0 Å². The molecule has 0 aliphatic heterocycles. The van der Waals surface area contributed by atoms with E-state index in [1.807, 2.05) is 52.0 Å². The first-order valence-corrected chi connectivity index (χ1v) is 8.91. The minimum absolute atomic E-state index is 0.300. The molecular formula is C24H38O. The van der Waals surface area contributed by atoms with Crippen molar-refractivity contribution in [2.24, 2.45) is 5.41 Å². The number of allylic oxidation sites excluding steroid dienone is 5. The summed E-state index contributed by atoms with van der Waals surface area (Å²) in [5.74, 6) is 0.741. The highest BCUT2D eigenvalue weighted by Crippen LogP contribution is 2.23. The van der Waals surface area contributed by atoms with Crippen LogP contribution in [0.2, 0.25) is 0 Å². The van der Waals surface area contributed by atoms with Gasteiger partial charge in [0, 0.05) is 0 Å². The second kappa shape index (κ2) is 13.3. The average Bonchev–Trinajstić information content (AvgIpc) is 2.55. The molecule has 140 valence electrons. The Morgan fingerprint density at radius 3 is 2.00 bits per heavy atom. The summed E-state index contributed by atoms with van der Waals surface area (Å²) in [5.41, 5.74) is 5.05. The van der Waals surface area contributed by atoms with Crippen molar-refractivity contribution in [1.82, 2.24) is 0 Å². The SMILES string of the molecule is C=C(C)OCc1cccc(C(=C)C)c1.C=C/C=C(\C)C(C)(C)C.CC. The Kier molecular flexibility index (Phi) is 13.4. The summed E-state index contributed by atoms with van der Waals surface area (Å²) in [6, 6.07) is 8.19. The van der Waals surface area contributed by atoms with Crippen LogP contribution < -0.4 is 0 Å². The van der Waals surface area contributed by atoms with Crippen molar-refractivity contribution in [3.63, 3.8) is 0 Å². The Morgan fingerprint density at radius 1 is 1.08 bits per heavy atom. The Bertz CT molecular complexity index is 568. The van der Waals surface area contributed by atoms with Gasteiger partial charge in [0.1, 0.15) is 6.61 Å². The van der Waals surface area contributed by atoms with Crippen LogP contribution in [0.15, 0.2) is 67.5 Å². The van der Waals surface area contributed by atoms with Crippen LogP contribution in [-0.2, 0) is 11.3 Å². The van der Waals surface area contributed by atoms with E-state index in [2.05, 4.69) is 59.6 Å². The molecular weight excluding hydrogens is 304 g/mol. The van der Waals surface area contributed by atoms with Crippen molar-refractivity contribution in [1.29, 1.82) is 0 Å². The molecule has 0 aliphatic carbocycles. The van der Waals surface area contributed by atoms with Crippen LogP contribution in [0, 0.1) is 5.41 Å². The summed E-state index contributed by atoms with van der Waals surface area (Å²) in [4.78, 5) is 0. The van der Waals surface area contributed by atoms with E-state index < -0.39 is 0 Å². The third kappa shape index (κ3) is 13.0. The molecule has 0 spiro atoms. The summed E-state index contributed by atoms with van der Waals surface area (Å²) in [6.45, 7) is 28.4. The zero-order valence-electron chi connectivity index (χ0n) is 17.7. The molecule has 0 N–H and O–H groups in total. The Balaban J connectivity index is 0. The number of rotatable bonds is 5. The van der Waals surface area contributed by atoms with Crippen molar-refractivity contribution in [3.05, 3.63) is 78.6 Å². The highest BCUT2D eigenvalue weighted by Gasteiger charge is 2.10. The van der Waals surface area contributed by atoms with Crippen molar-refractivity contribution >= 4 is 5.57 Å². The molecule has 0 bridgehead atoms. The summed E-state index contributed by atoms with van der Waals surface area (Å²) < 4.78 is 5.34. The lowest BCUT2D eigenvalue weighted by Gasteiger charge is -2.18. The molecule has 0 aliphatic rings. The molecule has 0 unspecified atom stereocenters. The lowest BCUT2D eigenvalue weighted by molar-refractivity contribution is 0.202. The van der Waals surface area contributed by atoms with E-state index in [9.17, 15) is 0 Å². The van der Waals surface area contributed by atoms with Gasteiger partial charge in [-0.2, -0.15) is 0 Å². The first-order chi connectivity index (χ1) is 11.6. The van der Waals surface area contributed by atoms with Gasteiger partial charge in [0.05, 0.1) is 5.76 Å². The van der Waals surface area contributed by atoms with Crippen LogP contribution in [0.25, 0.3) is 5.57 Å². The zero-order valence-corrected chi connectivity index (χ0v) is 17.7. The number of benzene rings is 1. The molecule has 0 aromatic heterocycles. The van der Waals surface area contributed by atoms with Crippen molar-refractivity contribution in [2.45, 2.75) is 62.0 Å². The molecule has 0 fully saturated rings. The molecule has 0 amide bonds. The first-order valence-electron chi connectivity index (χ1n) is 8.91. The van der Waals surface area contributed by atoms with Crippen LogP contribution >= 0.6 is 0 Å². The van der Waals surface area contributed by atoms with Gasteiger partial charge in [-0.15, -0.1) is 0 Å². The Labute approximate surface area is 156 Å². The van der Waals surface area contributed by atoms with Crippen LogP contribution in [0.3, 0.4) is 0 Å². The van der Waals surface area contributed by atoms with E-state index in [1.54, 1.807) is 0 Å². The fourth-order valence-electron chi connectivity index (χ4n) is 1.56. The van der Waals surface area contributed by atoms with Crippen molar-refractivity contribution < 1.29 is 4.74 Å². The van der Waals surface area contributed by atoms with E-state index in [4.69, 9.17) is 4.74 Å². The highest BCUT2D eigenvalue weighted by molar-refractivity contribution is 5.61. The summed E-state index contributed by atoms with van der Waals surface area (Å²) in [6.07, 6.45) is 3.89. The zero-order chi connectivity index (χ0) is 20.0. The average molecular weight is 343 g/mol. The smallest absolute Gasteiger partial charge is 0.113 e. The topological polar surface area (TPSA) is 9.23 Å². The quantitative estimate of drug-likeness (QED) is 0.389. The van der Waals surface area contributed by atoms with E-state index in [0.29, 0.717) is 12.0 Å². The first kappa shape index (κ1) is 25.2. The van der Waals surface area contributed by atoms with Crippen molar-refractivity contribution in [2.75, 3.05) is 0 Å². The van der Waals surface area contributed by atoms with Crippen molar-refractivity contribution in [3.8, 4) is 0 Å². The maximum atomic E-state index is 5.34. The predicted octanol–water partition coefficient (Wildman–Crippen LogP) is 7.96. The van der Waals surface area contributed by atoms with Crippen LogP contribution in [0.4, 0.5) is 0 Å². The monoisotopic (exact) mass is 342 g/mol. The molecule has 1 aromatic rings. The lowest BCUT2D eigenvalue weighted by Crippen LogP contribution is -2.05. The van der Waals surface area contributed by atoms with Gasteiger partial charge in [-0.05, 0) is 43.4 Å². The second-order valence-electron chi connectivity index (χ2n) is 6.81. The van der Waals surface area contributed by atoms with Crippen LogP contribution in [0.5, 0.6) is 0 Å². The number of hydrogen-bond acceptors (Lipinski definition) is 1. The third-order valence-corrected chi connectivity index (χ3v) is 3.46. The Morgan fingerprint density at radius 2 is 1.64 bits per heavy atom. The predicted molar refractivity (Wildman–Crippen MR) is 116 cm³/mol. The standard InChI is InChI=1S/C13H16O.C9H16.C2H6/c1-10(2)13-7-5-6-12(8-13)9-14-11(3)4;1-6-7-8(2)9(3,4)5;1-2/h5-8H,1,3,9H2,2,4H3;6-7H,1H2,2-5H3;1-2H3/b;8-7+;. The van der Waals surface area contributed by atoms with E-state index in [-0.39, 0.29) is 0 Å². The van der Waals surface area contributed by atoms with Gasteiger partial charge in [0.2, 0.25) is 0 Å². The van der Waals surface area contributed by atoms with Gasteiger partial charge < -0.3 is 4.74 Å². The summed E-state index contributed by atoms with van der Waals surface area (Å²) >= 11 is 0. The normalized spacial score (nSPS) is 10.5. The van der Waals surface area contributed by atoms with Gasteiger partial charge >= 0.3 is 0 Å². The molecule has 1 heteroatoms. The van der Waals surface area contributed by atoms with E-state index in [0.717, 1.165) is 22.5 Å². The summed E-state index contributed by atoms with van der Waals surface area (Å²) in [7, 11) is 0. The number of hydrogen-bond donors (Lipinski definition) is 0. The molecule has 0 heterocycles. The largest absolute Gasteiger partial charge is 0.494 e. The van der Waals surface area contributed by atoms with E-state index >= 15 is 0 Å². The molecule has 1 rings (SSSR count). The van der Waals surface area contributed by atoms with Gasteiger partial charge in [0.25, 0.3) is 0 Å². The minimum Gasteiger partial charge on any atom is -0.494 e. The van der Waals surface area contributed by atoms with E-state index in [1.165, 1.54) is 5.57 Å². The van der Waals surface area contributed by atoms with Gasteiger partial charge in [-0.1, -0.05) is 95.9 Å². The third-order valence-electron chi connectivity index (χ3n) is 3.46. The fourth-order valence-corrected chi connectivity index (χ4v) is 1.56. The maximum absolute atomic E-state index is 5.34. The van der Waals surface area contributed by atoms with Gasteiger partial charge in [-0.25, -0.2) is 0 Å². The fraction of sp³-hybridized carbons (Fsp3) is 0.417. The lowest BCUT2D eigenvalue weighted by atomic mass is 9.87. The van der Waals surface area contributed by atoms with Crippen LogP contribution in [-0.4, -0.2) is 0 Å². The second-order valence-corrected chi connectivity index (χ2v) is 6.81. The molecule has 1 aromatic carbocycles. The highest BCUT2D eigenvalue weighted by atomic mass is 16.5. The number of ether oxygens (including phenoxy) is 1.